The molecule has 0 heterocycles. The Morgan fingerprint density at radius 1 is 1.05 bits per heavy atom. The van der Waals surface area contributed by atoms with E-state index in [1.54, 1.807) is 14.2 Å². The van der Waals surface area contributed by atoms with E-state index in [0.717, 1.165) is 22.3 Å². The maximum Gasteiger partial charge on any atom is 0.169 e. The van der Waals surface area contributed by atoms with E-state index in [1.807, 2.05) is 43.3 Å². The third-order valence-electron chi connectivity index (χ3n) is 3.24. The van der Waals surface area contributed by atoms with Gasteiger partial charge in [-0.3, -0.25) is 0 Å². The predicted octanol–water partition coefficient (Wildman–Crippen LogP) is 3.75. The first-order valence-electron chi connectivity index (χ1n) is 6.39. The molecule has 3 heteroatoms. The van der Waals surface area contributed by atoms with E-state index >= 15 is 0 Å². The van der Waals surface area contributed by atoms with Gasteiger partial charge in [0.05, 0.1) is 26.7 Å². The molecule has 20 heavy (non-hydrogen) atoms. The van der Waals surface area contributed by atoms with E-state index in [4.69, 9.17) is 14.7 Å². The van der Waals surface area contributed by atoms with Crippen LogP contribution in [0.25, 0.3) is 11.1 Å². The van der Waals surface area contributed by atoms with Crippen LogP contribution in [0.15, 0.2) is 36.4 Å². The van der Waals surface area contributed by atoms with Gasteiger partial charge in [0.1, 0.15) is 0 Å². The summed E-state index contributed by atoms with van der Waals surface area (Å²) in [6, 6.07) is 14.1. The van der Waals surface area contributed by atoms with Gasteiger partial charge in [0, 0.05) is 5.56 Å². The SMILES string of the molecule is COc1c(C)cc(CC#N)c(-c2ccccc2)c1OC. The number of nitrogens with zero attached hydrogens (tertiary/aromatic N) is 1. The summed E-state index contributed by atoms with van der Waals surface area (Å²) < 4.78 is 11.0. The number of methoxy groups -OCH3 is 2. The van der Waals surface area contributed by atoms with Gasteiger partial charge >= 0.3 is 0 Å². The molecule has 0 aliphatic rings. The molecule has 0 unspecified atom stereocenters. The summed E-state index contributed by atoms with van der Waals surface area (Å²) in [6.45, 7) is 1.96. The Hall–Kier alpha value is -2.47. The van der Waals surface area contributed by atoms with E-state index in [1.165, 1.54) is 0 Å². The molecule has 2 aromatic carbocycles. The van der Waals surface area contributed by atoms with Crippen LogP contribution in [0.3, 0.4) is 0 Å². The van der Waals surface area contributed by atoms with Crippen molar-refractivity contribution in [1.29, 1.82) is 5.26 Å². The monoisotopic (exact) mass is 267 g/mol. The fourth-order valence-electron chi connectivity index (χ4n) is 2.43. The zero-order chi connectivity index (χ0) is 14.5. The van der Waals surface area contributed by atoms with Crippen LogP contribution in [0.5, 0.6) is 11.5 Å². The van der Waals surface area contributed by atoms with Gasteiger partial charge < -0.3 is 9.47 Å². The summed E-state index contributed by atoms with van der Waals surface area (Å²) >= 11 is 0. The summed E-state index contributed by atoms with van der Waals surface area (Å²) in [5.74, 6) is 1.40. The lowest BCUT2D eigenvalue weighted by Crippen LogP contribution is -2.00. The van der Waals surface area contributed by atoms with Gasteiger partial charge in [-0.2, -0.15) is 5.26 Å². The number of rotatable bonds is 4. The standard InChI is InChI=1S/C17H17NO2/c1-12-11-14(9-10-18)15(13-7-5-4-6-8-13)17(20-3)16(12)19-2/h4-8,11H,9H2,1-3H3. The van der Waals surface area contributed by atoms with Gasteiger partial charge in [-0.05, 0) is 23.6 Å². The summed E-state index contributed by atoms with van der Waals surface area (Å²) in [5.41, 5.74) is 3.87. The van der Waals surface area contributed by atoms with Crippen molar-refractivity contribution in [2.45, 2.75) is 13.3 Å². The molecule has 0 saturated heterocycles. The molecule has 0 fully saturated rings. The number of ether oxygens (including phenoxy) is 2. The highest BCUT2D eigenvalue weighted by Gasteiger charge is 2.18. The Bertz CT molecular complexity index is 642. The Balaban J connectivity index is 2.78. The molecule has 2 rings (SSSR count). The van der Waals surface area contributed by atoms with Gasteiger partial charge in [0.2, 0.25) is 0 Å². The highest BCUT2D eigenvalue weighted by molar-refractivity contribution is 5.78. The van der Waals surface area contributed by atoms with E-state index in [9.17, 15) is 0 Å². The largest absolute Gasteiger partial charge is 0.493 e. The molecule has 0 bridgehead atoms. The minimum Gasteiger partial charge on any atom is -0.493 e. The van der Waals surface area contributed by atoms with Crippen LogP contribution in [-0.2, 0) is 6.42 Å². The predicted molar refractivity (Wildman–Crippen MR) is 79.0 cm³/mol. The van der Waals surface area contributed by atoms with Crippen LogP contribution in [0, 0.1) is 18.3 Å². The molecule has 3 nitrogen and oxygen atoms in total. The Labute approximate surface area is 119 Å². The normalized spacial score (nSPS) is 9.90. The quantitative estimate of drug-likeness (QED) is 0.847. The second-order valence-electron chi connectivity index (χ2n) is 4.50. The van der Waals surface area contributed by atoms with Gasteiger partial charge in [-0.25, -0.2) is 0 Å². The van der Waals surface area contributed by atoms with E-state index in [0.29, 0.717) is 17.9 Å². The van der Waals surface area contributed by atoms with Crippen LogP contribution in [-0.4, -0.2) is 14.2 Å². The molecule has 0 aromatic heterocycles. The lowest BCUT2D eigenvalue weighted by atomic mass is 9.94. The van der Waals surface area contributed by atoms with E-state index in [2.05, 4.69) is 6.07 Å². The minimum atomic E-state index is 0.339. The smallest absolute Gasteiger partial charge is 0.169 e. The summed E-state index contributed by atoms with van der Waals surface area (Å²) in [7, 11) is 3.25. The van der Waals surface area contributed by atoms with Crippen molar-refractivity contribution in [2.24, 2.45) is 0 Å². The van der Waals surface area contributed by atoms with Gasteiger partial charge in [-0.1, -0.05) is 36.4 Å². The molecule has 102 valence electrons. The molecule has 2 aromatic rings. The van der Waals surface area contributed by atoms with Crippen molar-refractivity contribution >= 4 is 0 Å². The van der Waals surface area contributed by atoms with Crippen LogP contribution in [0.4, 0.5) is 0 Å². The lowest BCUT2D eigenvalue weighted by Gasteiger charge is -2.18. The molecular weight excluding hydrogens is 250 g/mol. The number of hydrogen-bond donors (Lipinski definition) is 0. The Morgan fingerprint density at radius 3 is 2.25 bits per heavy atom. The first-order chi connectivity index (χ1) is 9.72. The number of hydrogen-bond acceptors (Lipinski definition) is 3. The molecule has 0 N–H and O–H groups in total. The number of benzene rings is 2. The fraction of sp³-hybridized carbons (Fsp3) is 0.235. The molecule has 0 amide bonds. The molecular formula is C17H17NO2. The van der Waals surface area contributed by atoms with Crippen LogP contribution in [0.1, 0.15) is 11.1 Å². The maximum atomic E-state index is 9.05. The van der Waals surface area contributed by atoms with Gasteiger partial charge in [0.15, 0.2) is 11.5 Å². The van der Waals surface area contributed by atoms with Gasteiger partial charge in [0.25, 0.3) is 0 Å². The molecule has 0 aliphatic carbocycles. The van der Waals surface area contributed by atoms with Crippen LogP contribution in [0.2, 0.25) is 0 Å². The molecule has 0 radical (unpaired) electrons. The zero-order valence-corrected chi connectivity index (χ0v) is 11.9. The van der Waals surface area contributed by atoms with Crippen LogP contribution >= 0.6 is 0 Å². The lowest BCUT2D eigenvalue weighted by molar-refractivity contribution is 0.354. The van der Waals surface area contributed by atoms with Crippen molar-refractivity contribution in [3.05, 3.63) is 47.5 Å². The highest BCUT2D eigenvalue weighted by Crippen LogP contribution is 2.43. The Kier molecular flexibility index (Phi) is 4.27. The van der Waals surface area contributed by atoms with Crippen molar-refractivity contribution in [3.8, 4) is 28.7 Å². The topological polar surface area (TPSA) is 42.2 Å². The summed E-state index contributed by atoms with van der Waals surface area (Å²) in [5, 5.41) is 9.05. The zero-order valence-electron chi connectivity index (χ0n) is 11.9. The van der Waals surface area contributed by atoms with E-state index < -0.39 is 0 Å². The molecule has 0 spiro atoms. The van der Waals surface area contributed by atoms with Crippen molar-refractivity contribution in [1.82, 2.24) is 0 Å². The van der Waals surface area contributed by atoms with E-state index in [-0.39, 0.29) is 0 Å². The molecule has 0 atom stereocenters. The van der Waals surface area contributed by atoms with Crippen molar-refractivity contribution in [3.63, 3.8) is 0 Å². The first kappa shape index (κ1) is 14.0. The number of aryl methyl sites for hydroxylation is 1. The average Bonchev–Trinajstić information content (AvgIpc) is 2.47. The number of nitriles is 1. The minimum absolute atomic E-state index is 0.339. The molecule has 0 saturated carbocycles. The summed E-state index contributed by atoms with van der Waals surface area (Å²) in [6.07, 6.45) is 0.339. The third-order valence-corrected chi connectivity index (χ3v) is 3.24. The maximum absolute atomic E-state index is 9.05. The second kappa shape index (κ2) is 6.12. The first-order valence-corrected chi connectivity index (χ1v) is 6.39. The fourth-order valence-corrected chi connectivity index (χ4v) is 2.43. The summed E-state index contributed by atoms with van der Waals surface area (Å²) in [4.78, 5) is 0. The van der Waals surface area contributed by atoms with Crippen molar-refractivity contribution in [2.75, 3.05) is 14.2 Å². The molecule has 0 aliphatic heterocycles. The third kappa shape index (κ3) is 2.46. The second-order valence-corrected chi connectivity index (χ2v) is 4.50. The average molecular weight is 267 g/mol. The van der Waals surface area contributed by atoms with Gasteiger partial charge in [-0.15, -0.1) is 0 Å². The highest BCUT2D eigenvalue weighted by atomic mass is 16.5. The van der Waals surface area contributed by atoms with Crippen LogP contribution < -0.4 is 9.47 Å². The van der Waals surface area contributed by atoms with Crippen molar-refractivity contribution < 1.29 is 9.47 Å². The Morgan fingerprint density at radius 2 is 1.70 bits per heavy atom.